The van der Waals surface area contributed by atoms with Gasteiger partial charge in [0, 0.05) is 12.8 Å². The Labute approximate surface area is 176 Å². The van der Waals surface area contributed by atoms with Crippen LogP contribution in [-0.4, -0.2) is 34.8 Å². The number of benzene rings is 2. The van der Waals surface area contributed by atoms with Crippen molar-refractivity contribution in [3.05, 3.63) is 83.4 Å². The van der Waals surface area contributed by atoms with Crippen LogP contribution in [0.1, 0.15) is 22.8 Å². The smallest absolute Gasteiger partial charge is 0.210 e. The van der Waals surface area contributed by atoms with Crippen molar-refractivity contribution >= 4 is 23.5 Å². The summed E-state index contributed by atoms with van der Waals surface area (Å²) in [5.41, 5.74) is 2.28. The zero-order chi connectivity index (χ0) is 20.1. The molecule has 29 heavy (non-hydrogen) atoms. The fraction of sp³-hybridized carbons (Fsp3) is 0.158. The van der Waals surface area contributed by atoms with Gasteiger partial charge in [0.25, 0.3) is 0 Å². The van der Waals surface area contributed by atoms with Crippen molar-refractivity contribution < 1.29 is 0 Å². The molecule has 0 spiro atoms. The van der Waals surface area contributed by atoms with Crippen LogP contribution in [0.3, 0.4) is 0 Å². The first-order valence-corrected chi connectivity index (χ1v) is 10.9. The van der Waals surface area contributed by atoms with Gasteiger partial charge in [0.15, 0.2) is 11.6 Å². The highest BCUT2D eigenvalue weighted by Crippen LogP contribution is 2.25. The molecule has 0 aliphatic carbocycles. The number of hydrogen-bond donors (Lipinski definition) is 2. The monoisotopic (exact) mass is 424 g/mol. The Morgan fingerprint density at radius 3 is 1.45 bits per heavy atom. The summed E-state index contributed by atoms with van der Waals surface area (Å²) in [5.74, 6) is 13.7. The Kier molecular flexibility index (Phi) is 6.01. The highest BCUT2D eigenvalue weighted by atomic mass is 32.2. The highest BCUT2D eigenvalue weighted by molar-refractivity contribution is 8.15. The van der Waals surface area contributed by atoms with Crippen molar-refractivity contribution in [1.29, 1.82) is 0 Å². The lowest BCUT2D eigenvalue weighted by atomic mass is 10.1. The van der Waals surface area contributed by atoms with E-state index in [0.29, 0.717) is 28.2 Å². The number of nitrogen functional groups attached to an aromatic ring is 2. The Hall–Kier alpha value is -2.98. The minimum atomic E-state index is 0.637. The van der Waals surface area contributed by atoms with Crippen molar-refractivity contribution in [2.24, 2.45) is 0 Å². The number of aromatic nitrogens is 6. The topological polar surface area (TPSA) is 113 Å². The quantitative estimate of drug-likeness (QED) is 0.252. The predicted molar refractivity (Wildman–Crippen MR) is 115 cm³/mol. The van der Waals surface area contributed by atoms with Gasteiger partial charge < -0.3 is 11.7 Å². The van der Waals surface area contributed by atoms with Gasteiger partial charge in [0.1, 0.15) is 0 Å². The third-order valence-electron chi connectivity index (χ3n) is 4.26. The molecule has 10 heteroatoms. The van der Waals surface area contributed by atoms with E-state index in [9.17, 15) is 0 Å². The molecule has 2 heterocycles. The highest BCUT2D eigenvalue weighted by Gasteiger charge is 2.14. The molecule has 4 aromatic rings. The Balaban J connectivity index is 1.34. The van der Waals surface area contributed by atoms with Gasteiger partial charge in [-0.1, -0.05) is 84.2 Å². The minimum absolute atomic E-state index is 0.637. The largest absolute Gasteiger partial charge is 0.336 e. The number of hydrogen-bond acceptors (Lipinski definition) is 8. The van der Waals surface area contributed by atoms with Crippen molar-refractivity contribution in [1.82, 2.24) is 29.7 Å². The molecule has 0 saturated carbocycles. The second-order valence-corrected chi connectivity index (χ2v) is 8.52. The first-order chi connectivity index (χ1) is 14.2. The normalized spacial score (nSPS) is 11.0. The SMILES string of the molecule is Nn1c(Cc2ccccc2)nnc1SCSc1nnc(Cc2ccccc2)n1N. The zero-order valence-electron chi connectivity index (χ0n) is 15.5. The van der Waals surface area contributed by atoms with E-state index in [1.165, 1.54) is 32.9 Å². The molecule has 2 aromatic heterocycles. The summed E-state index contributed by atoms with van der Waals surface area (Å²) in [6.07, 6.45) is 1.27. The molecule has 0 atom stereocenters. The van der Waals surface area contributed by atoms with Crippen LogP contribution in [0.15, 0.2) is 71.0 Å². The summed E-state index contributed by atoms with van der Waals surface area (Å²) >= 11 is 2.97. The van der Waals surface area contributed by atoms with Crippen LogP contribution in [0, 0.1) is 0 Å². The van der Waals surface area contributed by atoms with Crippen molar-refractivity contribution in [2.75, 3.05) is 16.8 Å². The van der Waals surface area contributed by atoms with Crippen LogP contribution in [-0.2, 0) is 12.8 Å². The summed E-state index contributed by atoms with van der Waals surface area (Å²) in [4.78, 5) is 0. The number of thioether (sulfide) groups is 2. The molecule has 4 N–H and O–H groups in total. The van der Waals surface area contributed by atoms with Gasteiger partial charge in [-0.3, -0.25) is 0 Å². The van der Waals surface area contributed by atoms with E-state index in [4.69, 9.17) is 11.7 Å². The molecule has 0 aliphatic rings. The summed E-state index contributed by atoms with van der Waals surface area (Å²) < 4.78 is 3.07. The molecule has 2 aromatic carbocycles. The van der Waals surface area contributed by atoms with Gasteiger partial charge in [0.05, 0.1) is 5.08 Å². The molecule has 0 radical (unpaired) electrons. The van der Waals surface area contributed by atoms with Crippen LogP contribution in [0.5, 0.6) is 0 Å². The third kappa shape index (κ3) is 4.72. The summed E-state index contributed by atoms with van der Waals surface area (Å²) in [6, 6.07) is 20.1. The van der Waals surface area contributed by atoms with Crippen LogP contribution < -0.4 is 11.7 Å². The Bertz CT molecular complexity index is 977. The van der Waals surface area contributed by atoms with Gasteiger partial charge >= 0.3 is 0 Å². The lowest BCUT2D eigenvalue weighted by molar-refractivity contribution is 0.804. The van der Waals surface area contributed by atoms with E-state index < -0.39 is 0 Å². The molecule has 0 aliphatic heterocycles. The summed E-state index contributed by atoms with van der Waals surface area (Å²) in [5, 5.41) is 18.7. The second kappa shape index (κ2) is 9.01. The van der Waals surface area contributed by atoms with E-state index >= 15 is 0 Å². The molecule has 0 fully saturated rings. The van der Waals surface area contributed by atoms with Crippen LogP contribution >= 0.6 is 23.5 Å². The van der Waals surface area contributed by atoms with Crippen molar-refractivity contribution in [2.45, 2.75) is 23.2 Å². The molecular formula is C19H20N8S2. The first kappa shape index (κ1) is 19.3. The van der Waals surface area contributed by atoms with Crippen molar-refractivity contribution in [3.8, 4) is 0 Å². The molecule has 0 amide bonds. The second-order valence-electron chi connectivity index (χ2n) is 6.27. The third-order valence-corrected chi connectivity index (χ3v) is 6.27. The first-order valence-electron chi connectivity index (χ1n) is 8.93. The zero-order valence-corrected chi connectivity index (χ0v) is 17.2. The molecule has 148 valence electrons. The van der Waals surface area contributed by atoms with E-state index in [1.807, 2.05) is 60.7 Å². The molecule has 0 bridgehead atoms. The van der Waals surface area contributed by atoms with E-state index in [2.05, 4.69) is 20.4 Å². The molecular weight excluding hydrogens is 404 g/mol. The average molecular weight is 425 g/mol. The van der Waals surface area contributed by atoms with Crippen molar-refractivity contribution in [3.63, 3.8) is 0 Å². The van der Waals surface area contributed by atoms with E-state index in [0.717, 1.165) is 22.8 Å². The average Bonchev–Trinajstić information content (AvgIpc) is 3.27. The maximum Gasteiger partial charge on any atom is 0.210 e. The van der Waals surface area contributed by atoms with Crippen LogP contribution in [0.2, 0.25) is 0 Å². The fourth-order valence-electron chi connectivity index (χ4n) is 2.74. The van der Waals surface area contributed by atoms with Gasteiger partial charge in [-0.05, 0) is 11.1 Å². The van der Waals surface area contributed by atoms with Gasteiger partial charge in [-0.25, -0.2) is 9.35 Å². The van der Waals surface area contributed by atoms with Gasteiger partial charge in [-0.2, -0.15) is 0 Å². The number of nitrogens with two attached hydrogens (primary N) is 2. The molecule has 0 unspecified atom stereocenters. The molecule has 0 saturated heterocycles. The minimum Gasteiger partial charge on any atom is -0.336 e. The maximum atomic E-state index is 6.15. The fourth-order valence-corrected chi connectivity index (χ4v) is 4.51. The Morgan fingerprint density at radius 1 is 0.621 bits per heavy atom. The Morgan fingerprint density at radius 2 is 1.03 bits per heavy atom. The standard InChI is InChI=1S/C19H20N8S2/c20-26-16(11-14-7-3-1-4-8-14)22-24-18(26)28-13-29-19-25-23-17(27(19)21)12-15-9-5-2-6-10-15/h1-10H,11-13,20-21H2. The molecule has 4 rings (SSSR count). The van der Waals surface area contributed by atoms with Crippen LogP contribution in [0.25, 0.3) is 0 Å². The maximum absolute atomic E-state index is 6.15. The summed E-state index contributed by atoms with van der Waals surface area (Å²) in [7, 11) is 0. The van der Waals surface area contributed by atoms with Gasteiger partial charge in [0.2, 0.25) is 10.3 Å². The number of rotatable bonds is 8. The van der Waals surface area contributed by atoms with Gasteiger partial charge in [-0.15, -0.1) is 20.4 Å². The molecule has 8 nitrogen and oxygen atoms in total. The van der Waals surface area contributed by atoms with E-state index in [-0.39, 0.29) is 0 Å². The lowest BCUT2D eigenvalue weighted by Crippen LogP contribution is -2.15. The predicted octanol–water partition coefficient (Wildman–Crippen LogP) is 2.32. The van der Waals surface area contributed by atoms with E-state index in [1.54, 1.807) is 0 Å². The number of nitrogens with zero attached hydrogens (tertiary/aromatic N) is 6. The van der Waals surface area contributed by atoms with Crippen LogP contribution in [0.4, 0.5) is 0 Å². The summed E-state index contributed by atoms with van der Waals surface area (Å²) in [6.45, 7) is 0. The lowest BCUT2D eigenvalue weighted by Gasteiger charge is -2.05.